The number of ether oxygens (including phenoxy) is 2. The van der Waals surface area contributed by atoms with Gasteiger partial charge in [-0.15, -0.1) is 5.10 Å². The fourth-order valence-electron chi connectivity index (χ4n) is 5.34. The molecular formula is C25H24N4O5. The van der Waals surface area contributed by atoms with Crippen molar-refractivity contribution < 1.29 is 23.9 Å². The number of amides is 2. The first-order chi connectivity index (χ1) is 16.4. The second-order valence-corrected chi connectivity index (χ2v) is 9.56. The molecule has 4 atom stereocenters. The van der Waals surface area contributed by atoms with Crippen molar-refractivity contribution in [1.82, 2.24) is 15.0 Å². The minimum absolute atomic E-state index is 0.0758. The van der Waals surface area contributed by atoms with Crippen molar-refractivity contribution >= 4 is 23.6 Å². The topological polar surface area (TPSA) is 107 Å². The lowest BCUT2D eigenvalue weighted by molar-refractivity contribution is -0.140. The Morgan fingerprint density at radius 1 is 1.18 bits per heavy atom. The number of allylic oxidation sites excluding steroid dienone is 2. The molecule has 2 fully saturated rings. The highest BCUT2D eigenvalue weighted by Gasteiger charge is 2.61. The van der Waals surface area contributed by atoms with Crippen molar-refractivity contribution in [3.05, 3.63) is 65.4 Å². The van der Waals surface area contributed by atoms with Crippen LogP contribution in [0, 0.1) is 5.92 Å². The van der Waals surface area contributed by atoms with E-state index in [1.54, 1.807) is 35.1 Å². The molecule has 0 radical (unpaired) electrons. The van der Waals surface area contributed by atoms with Crippen molar-refractivity contribution in [2.24, 2.45) is 5.92 Å². The number of fused-ring (bicyclic) bond motifs is 4. The van der Waals surface area contributed by atoms with Gasteiger partial charge in [0, 0.05) is 11.5 Å². The predicted molar refractivity (Wildman–Crippen MR) is 120 cm³/mol. The second-order valence-electron chi connectivity index (χ2n) is 9.56. The van der Waals surface area contributed by atoms with E-state index in [2.05, 4.69) is 29.9 Å². The molecule has 0 unspecified atom stereocenters. The number of nitrogens with zero attached hydrogens (tertiary/aromatic N) is 4. The first-order valence-corrected chi connectivity index (χ1v) is 11.5. The van der Waals surface area contributed by atoms with E-state index in [1.807, 2.05) is 0 Å². The van der Waals surface area contributed by atoms with Gasteiger partial charge in [-0.25, -0.2) is 14.4 Å². The largest absolute Gasteiger partial charge is 0.455 e. The number of epoxide rings is 1. The number of carbonyl (C=O) groups is 3. The van der Waals surface area contributed by atoms with Gasteiger partial charge in [0.15, 0.2) is 5.82 Å². The zero-order valence-corrected chi connectivity index (χ0v) is 18.8. The lowest BCUT2D eigenvalue weighted by atomic mass is 9.84. The average Bonchev–Trinajstić information content (AvgIpc) is 3.05. The Morgan fingerprint density at radius 3 is 2.65 bits per heavy atom. The summed E-state index contributed by atoms with van der Waals surface area (Å²) in [4.78, 5) is 38.7. The summed E-state index contributed by atoms with van der Waals surface area (Å²) >= 11 is 0. The summed E-state index contributed by atoms with van der Waals surface area (Å²) in [6.45, 7) is 6.49. The van der Waals surface area contributed by atoms with E-state index in [0.717, 1.165) is 36.2 Å². The van der Waals surface area contributed by atoms with E-state index < -0.39 is 11.8 Å². The normalized spacial score (nSPS) is 32.0. The third kappa shape index (κ3) is 3.22. The quantitative estimate of drug-likeness (QED) is 0.228. The molecule has 4 aliphatic rings. The van der Waals surface area contributed by atoms with Gasteiger partial charge in [0.25, 0.3) is 11.8 Å². The molecule has 6 rings (SSSR count). The Morgan fingerprint density at radius 2 is 1.91 bits per heavy atom. The van der Waals surface area contributed by atoms with Crippen LogP contribution >= 0.6 is 0 Å². The zero-order valence-electron chi connectivity index (χ0n) is 18.8. The Balaban J connectivity index is 1.21. The van der Waals surface area contributed by atoms with Crippen LogP contribution < -0.4 is 4.90 Å². The van der Waals surface area contributed by atoms with Gasteiger partial charge in [-0.2, -0.15) is 0 Å². The maximum atomic E-state index is 12.7. The molecule has 174 valence electrons. The third-order valence-electron chi connectivity index (χ3n) is 7.35. The minimum atomic E-state index is -0.395. The maximum Gasteiger partial charge on any atom is 0.334 e. The van der Waals surface area contributed by atoms with Crippen LogP contribution in [0.4, 0.5) is 5.82 Å². The first-order valence-electron chi connectivity index (χ1n) is 11.5. The van der Waals surface area contributed by atoms with E-state index in [1.165, 1.54) is 0 Å². The molecule has 0 spiro atoms. The van der Waals surface area contributed by atoms with Crippen LogP contribution in [0.1, 0.15) is 53.3 Å². The maximum absolute atomic E-state index is 12.7. The van der Waals surface area contributed by atoms with Gasteiger partial charge >= 0.3 is 5.97 Å². The summed E-state index contributed by atoms with van der Waals surface area (Å²) in [5.41, 5.74) is 2.09. The lowest BCUT2D eigenvalue weighted by Crippen LogP contribution is -2.29. The van der Waals surface area contributed by atoms with Gasteiger partial charge < -0.3 is 9.47 Å². The van der Waals surface area contributed by atoms with Gasteiger partial charge in [0.1, 0.15) is 12.2 Å². The minimum Gasteiger partial charge on any atom is -0.455 e. The van der Waals surface area contributed by atoms with Gasteiger partial charge in [-0.1, -0.05) is 35.6 Å². The van der Waals surface area contributed by atoms with Crippen molar-refractivity contribution in [1.29, 1.82) is 0 Å². The fourth-order valence-corrected chi connectivity index (χ4v) is 5.34. The molecular weight excluding hydrogens is 436 g/mol. The van der Waals surface area contributed by atoms with Crippen LogP contribution in [0.25, 0.3) is 0 Å². The summed E-state index contributed by atoms with van der Waals surface area (Å²) in [5.74, 6) is -0.997. The van der Waals surface area contributed by atoms with Crippen molar-refractivity contribution in [2.75, 3.05) is 4.90 Å². The number of aromatic nitrogens is 3. The van der Waals surface area contributed by atoms with E-state index in [-0.39, 0.29) is 35.5 Å². The van der Waals surface area contributed by atoms with Crippen LogP contribution in [0.2, 0.25) is 0 Å². The summed E-state index contributed by atoms with van der Waals surface area (Å²) in [5, 5.41) is 8.27. The molecule has 0 N–H and O–H groups in total. The van der Waals surface area contributed by atoms with Crippen LogP contribution in [-0.2, 0) is 20.8 Å². The smallest absolute Gasteiger partial charge is 0.334 e. The van der Waals surface area contributed by atoms with Gasteiger partial charge in [-0.05, 0) is 44.7 Å². The van der Waals surface area contributed by atoms with Crippen molar-refractivity contribution in [3.63, 3.8) is 0 Å². The molecule has 2 aromatic rings. The summed E-state index contributed by atoms with van der Waals surface area (Å²) in [6.07, 6.45) is 6.56. The van der Waals surface area contributed by atoms with E-state index >= 15 is 0 Å². The van der Waals surface area contributed by atoms with Crippen LogP contribution in [-0.4, -0.2) is 50.6 Å². The van der Waals surface area contributed by atoms with Gasteiger partial charge in [0.05, 0.1) is 29.5 Å². The molecule has 1 aromatic carbocycles. The number of hydrogen-bond acceptors (Lipinski definition) is 7. The second kappa shape index (κ2) is 7.46. The monoisotopic (exact) mass is 460 g/mol. The third-order valence-corrected chi connectivity index (χ3v) is 7.35. The average molecular weight is 460 g/mol. The first kappa shape index (κ1) is 21.0. The molecule has 3 aliphatic heterocycles. The molecule has 0 bridgehead atoms. The Labute approximate surface area is 196 Å². The number of rotatable bonds is 3. The highest BCUT2D eigenvalue weighted by atomic mass is 16.6. The molecule has 1 aromatic heterocycles. The van der Waals surface area contributed by atoms with E-state index in [9.17, 15) is 14.4 Å². The highest BCUT2D eigenvalue weighted by Crippen LogP contribution is 2.49. The van der Waals surface area contributed by atoms with Crippen molar-refractivity contribution in [2.45, 2.75) is 57.0 Å². The highest BCUT2D eigenvalue weighted by molar-refractivity contribution is 6.34. The van der Waals surface area contributed by atoms with Gasteiger partial charge in [-0.3, -0.25) is 9.59 Å². The van der Waals surface area contributed by atoms with Crippen LogP contribution in [0.15, 0.2) is 54.3 Å². The van der Waals surface area contributed by atoms with E-state index in [0.29, 0.717) is 23.2 Å². The number of esters is 1. The number of hydrogen-bond donors (Lipinski definition) is 0. The fraction of sp³-hybridized carbons (Fsp3) is 0.400. The summed E-state index contributed by atoms with van der Waals surface area (Å²) in [6, 6.07) is 6.73. The van der Waals surface area contributed by atoms with Gasteiger partial charge in [0.2, 0.25) is 0 Å². The molecule has 34 heavy (non-hydrogen) atoms. The molecule has 2 amide bonds. The van der Waals surface area contributed by atoms with Crippen LogP contribution in [0.5, 0.6) is 0 Å². The SMILES string of the molecule is C=C1C(=O)O[C@H]2[C@H]1CC/C(Cn1cc(N3C(=O)c4ccccc4C3=O)nn1)=C\CC[C@@]1(C)O[C@@H]21. The zero-order chi connectivity index (χ0) is 23.6. The number of benzene rings is 1. The number of carbonyl (C=O) groups excluding carboxylic acids is 3. The molecule has 1 aliphatic carbocycles. The number of anilines is 1. The Bertz CT molecular complexity index is 1240. The van der Waals surface area contributed by atoms with Crippen LogP contribution in [0.3, 0.4) is 0 Å². The summed E-state index contributed by atoms with van der Waals surface area (Å²) < 4.78 is 13.2. The molecule has 2 saturated heterocycles. The molecule has 4 heterocycles. The summed E-state index contributed by atoms with van der Waals surface area (Å²) in [7, 11) is 0. The molecule has 0 saturated carbocycles. The Hall–Kier alpha value is -3.59. The lowest BCUT2D eigenvalue weighted by Gasteiger charge is -2.20. The molecule has 9 nitrogen and oxygen atoms in total. The predicted octanol–water partition coefficient (Wildman–Crippen LogP) is 2.83. The Kier molecular flexibility index (Phi) is 4.60. The van der Waals surface area contributed by atoms with Crippen molar-refractivity contribution in [3.8, 4) is 0 Å². The van der Waals surface area contributed by atoms with E-state index in [4.69, 9.17) is 9.47 Å². The number of imide groups is 1. The molecule has 9 heteroatoms. The standard InChI is InChI=1S/C25H24N4O5/c1-14-16-10-9-15(6-5-11-25(2)21(34-25)20(16)33-24(14)32)12-28-13-19(26-27-28)29-22(30)17-7-3-4-8-18(17)23(29)31/h3-4,6-8,13,16,20-21H,1,5,9-12H2,2H3/b15-6+/t16-,20-,21-,25+/m0/s1.